The summed E-state index contributed by atoms with van der Waals surface area (Å²) in [6, 6.07) is 5.08. The van der Waals surface area contributed by atoms with Crippen LogP contribution in [0.1, 0.15) is 39.7 Å². The fourth-order valence-electron chi connectivity index (χ4n) is 3.40. The predicted octanol–water partition coefficient (Wildman–Crippen LogP) is 3.69. The van der Waals surface area contributed by atoms with Crippen molar-refractivity contribution in [2.45, 2.75) is 52.3 Å². The molecule has 1 atom stereocenters. The quantitative estimate of drug-likeness (QED) is 0.333. The molecule has 8 nitrogen and oxygen atoms in total. The molecule has 176 valence electrons. The molecule has 1 aliphatic heterocycles. The minimum absolute atomic E-state index is 0. The van der Waals surface area contributed by atoms with E-state index < -0.39 is 11.7 Å². The Morgan fingerprint density at radius 2 is 2.16 bits per heavy atom. The minimum Gasteiger partial charge on any atom is -0.444 e. The number of halogens is 2. The second-order valence-electron chi connectivity index (χ2n) is 8.50. The molecular formula is C22H32FIN6O2. The minimum atomic E-state index is -0.526. The third-order valence-electron chi connectivity index (χ3n) is 4.75. The van der Waals surface area contributed by atoms with Crippen LogP contribution < -0.4 is 10.6 Å². The molecular weight excluding hydrogens is 526 g/mol. The smallest absolute Gasteiger partial charge is 0.407 e. The summed E-state index contributed by atoms with van der Waals surface area (Å²) in [6.45, 7) is 10.00. The number of carbonyl (C=O) groups is 1. The molecule has 1 fully saturated rings. The zero-order valence-electron chi connectivity index (χ0n) is 19.0. The molecule has 2 heterocycles. The molecule has 1 amide bonds. The first kappa shape index (κ1) is 25.9. The number of amides is 1. The highest BCUT2D eigenvalue weighted by Crippen LogP contribution is 2.16. The van der Waals surface area contributed by atoms with Gasteiger partial charge in [-0.1, -0.05) is 6.07 Å². The van der Waals surface area contributed by atoms with Crippen LogP contribution in [0.3, 0.4) is 0 Å². The van der Waals surface area contributed by atoms with Crippen molar-refractivity contribution in [1.29, 1.82) is 0 Å². The molecule has 0 saturated carbocycles. The van der Waals surface area contributed by atoms with Crippen LogP contribution in [-0.2, 0) is 11.3 Å². The van der Waals surface area contributed by atoms with E-state index in [0.717, 1.165) is 24.5 Å². The average molecular weight is 558 g/mol. The highest BCUT2D eigenvalue weighted by Gasteiger charge is 2.27. The Morgan fingerprint density at radius 1 is 1.38 bits per heavy atom. The number of hydrogen-bond donors (Lipinski definition) is 2. The monoisotopic (exact) mass is 558 g/mol. The first-order valence-corrected chi connectivity index (χ1v) is 10.5. The van der Waals surface area contributed by atoms with Gasteiger partial charge in [0.05, 0.1) is 24.6 Å². The van der Waals surface area contributed by atoms with Gasteiger partial charge in [0.2, 0.25) is 0 Å². The molecule has 1 aromatic heterocycles. The second kappa shape index (κ2) is 11.5. The number of rotatable bonds is 5. The molecule has 1 aromatic carbocycles. The molecule has 0 aliphatic carbocycles. The Labute approximate surface area is 205 Å². The zero-order chi connectivity index (χ0) is 22.4. The van der Waals surface area contributed by atoms with E-state index in [0.29, 0.717) is 25.3 Å². The SMILES string of the molecule is CCNC(=NCc1ccc(-n2ccnc2)c(F)c1)N1CCC(NC(=O)OC(C)(C)C)C1.I. The summed E-state index contributed by atoms with van der Waals surface area (Å²) in [5.74, 6) is 0.425. The Hall–Kier alpha value is -2.37. The lowest BCUT2D eigenvalue weighted by Crippen LogP contribution is -2.44. The number of guanidine groups is 1. The van der Waals surface area contributed by atoms with Gasteiger partial charge in [-0.3, -0.25) is 0 Å². The van der Waals surface area contributed by atoms with Gasteiger partial charge in [0.1, 0.15) is 11.4 Å². The van der Waals surface area contributed by atoms with Gasteiger partial charge in [0.15, 0.2) is 5.96 Å². The van der Waals surface area contributed by atoms with E-state index in [1.807, 2.05) is 33.8 Å². The van der Waals surface area contributed by atoms with Crippen molar-refractivity contribution in [3.63, 3.8) is 0 Å². The van der Waals surface area contributed by atoms with E-state index in [9.17, 15) is 9.18 Å². The fourth-order valence-corrected chi connectivity index (χ4v) is 3.40. The third-order valence-corrected chi connectivity index (χ3v) is 4.75. The molecule has 32 heavy (non-hydrogen) atoms. The van der Waals surface area contributed by atoms with Crippen LogP contribution in [0.4, 0.5) is 9.18 Å². The number of benzene rings is 1. The number of imidazole rings is 1. The van der Waals surface area contributed by atoms with Gasteiger partial charge in [0.25, 0.3) is 0 Å². The number of alkyl carbamates (subject to hydrolysis) is 1. The Bertz CT molecular complexity index is 914. The van der Waals surface area contributed by atoms with Gasteiger partial charge in [-0.25, -0.2) is 19.2 Å². The number of nitrogens with one attached hydrogen (secondary N) is 2. The van der Waals surface area contributed by atoms with Gasteiger partial charge in [-0.05, 0) is 51.8 Å². The molecule has 3 rings (SSSR count). The van der Waals surface area contributed by atoms with Crippen molar-refractivity contribution in [3.8, 4) is 5.69 Å². The number of aliphatic imine (C=N–C) groups is 1. The van der Waals surface area contributed by atoms with Crippen LogP contribution in [0, 0.1) is 5.82 Å². The summed E-state index contributed by atoms with van der Waals surface area (Å²) in [5, 5.41) is 6.20. The van der Waals surface area contributed by atoms with E-state index in [1.54, 1.807) is 29.4 Å². The third kappa shape index (κ3) is 7.35. The Balaban J connectivity index is 0.00000363. The number of hydrogen-bond acceptors (Lipinski definition) is 4. The van der Waals surface area contributed by atoms with Crippen LogP contribution >= 0.6 is 24.0 Å². The van der Waals surface area contributed by atoms with Gasteiger partial charge in [0, 0.05) is 32.0 Å². The zero-order valence-corrected chi connectivity index (χ0v) is 21.3. The molecule has 2 N–H and O–H groups in total. The van der Waals surface area contributed by atoms with Crippen molar-refractivity contribution in [2.24, 2.45) is 4.99 Å². The Morgan fingerprint density at radius 3 is 2.78 bits per heavy atom. The molecule has 2 aromatic rings. The first-order chi connectivity index (χ1) is 14.7. The van der Waals surface area contributed by atoms with Crippen molar-refractivity contribution >= 4 is 36.0 Å². The summed E-state index contributed by atoms with van der Waals surface area (Å²) < 4.78 is 21.5. The first-order valence-electron chi connectivity index (χ1n) is 10.5. The summed E-state index contributed by atoms with van der Waals surface area (Å²) in [5.41, 5.74) is 0.702. The molecule has 0 spiro atoms. The van der Waals surface area contributed by atoms with Crippen LogP contribution in [0.2, 0.25) is 0 Å². The normalized spacial score (nSPS) is 16.5. The lowest BCUT2D eigenvalue weighted by molar-refractivity contribution is 0.0507. The van der Waals surface area contributed by atoms with E-state index in [-0.39, 0.29) is 35.8 Å². The van der Waals surface area contributed by atoms with Gasteiger partial charge in [-0.2, -0.15) is 0 Å². The maximum absolute atomic E-state index is 14.5. The van der Waals surface area contributed by atoms with Crippen LogP contribution in [0.15, 0.2) is 41.9 Å². The summed E-state index contributed by atoms with van der Waals surface area (Å²) >= 11 is 0. The topological polar surface area (TPSA) is 83.8 Å². The number of nitrogens with zero attached hydrogens (tertiary/aromatic N) is 4. The van der Waals surface area contributed by atoms with Gasteiger partial charge >= 0.3 is 6.09 Å². The second-order valence-corrected chi connectivity index (χ2v) is 8.50. The van der Waals surface area contributed by atoms with Crippen LogP contribution in [-0.4, -0.2) is 57.8 Å². The van der Waals surface area contributed by atoms with E-state index in [4.69, 9.17) is 4.74 Å². The van der Waals surface area contributed by atoms with Crippen molar-refractivity contribution in [2.75, 3.05) is 19.6 Å². The van der Waals surface area contributed by atoms with E-state index in [1.165, 1.54) is 6.07 Å². The standard InChI is InChI=1S/C22H31FN6O2.HI/c1-5-25-20(28-10-8-17(14-28)27-21(30)31-22(2,3)4)26-13-16-6-7-19(18(23)12-16)29-11-9-24-15-29;/h6-7,9,11-12,15,17H,5,8,10,13-14H2,1-4H3,(H,25,26)(H,27,30);1H. The van der Waals surface area contributed by atoms with Crippen molar-refractivity contribution in [3.05, 3.63) is 48.3 Å². The highest BCUT2D eigenvalue weighted by molar-refractivity contribution is 14.0. The largest absolute Gasteiger partial charge is 0.444 e. The number of carbonyl (C=O) groups excluding carboxylic acids is 1. The average Bonchev–Trinajstić information content (AvgIpc) is 3.36. The highest BCUT2D eigenvalue weighted by atomic mass is 127. The number of aromatic nitrogens is 2. The van der Waals surface area contributed by atoms with Crippen LogP contribution in [0.25, 0.3) is 5.69 Å². The maximum Gasteiger partial charge on any atom is 0.407 e. The number of likely N-dealkylation sites (tertiary alicyclic amines) is 1. The van der Waals surface area contributed by atoms with Crippen molar-refractivity contribution < 1.29 is 13.9 Å². The molecule has 1 aliphatic rings. The van der Waals surface area contributed by atoms with Crippen molar-refractivity contribution in [1.82, 2.24) is 25.1 Å². The molecule has 1 saturated heterocycles. The van der Waals surface area contributed by atoms with E-state index >= 15 is 0 Å². The summed E-state index contributed by atoms with van der Waals surface area (Å²) in [7, 11) is 0. The van der Waals surface area contributed by atoms with Gasteiger partial charge in [-0.15, -0.1) is 24.0 Å². The maximum atomic E-state index is 14.5. The van der Waals surface area contributed by atoms with E-state index in [2.05, 4.69) is 25.5 Å². The molecule has 1 unspecified atom stereocenters. The molecule has 10 heteroatoms. The predicted molar refractivity (Wildman–Crippen MR) is 133 cm³/mol. The molecule has 0 bridgehead atoms. The molecule has 0 radical (unpaired) electrons. The summed E-state index contributed by atoms with van der Waals surface area (Å²) in [4.78, 5) is 22.8. The number of ether oxygens (including phenoxy) is 1. The Kier molecular flexibility index (Phi) is 9.29. The van der Waals surface area contributed by atoms with Crippen LogP contribution in [0.5, 0.6) is 0 Å². The lowest BCUT2D eigenvalue weighted by Gasteiger charge is -2.23. The fraction of sp³-hybridized carbons (Fsp3) is 0.500. The summed E-state index contributed by atoms with van der Waals surface area (Å²) in [6.07, 6.45) is 5.28. The lowest BCUT2D eigenvalue weighted by atomic mass is 10.2. The van der Waals surface area contributed by atoms with Gasteiger partial charge < -0.3 is 24.8 Å².